The summed E-state index contributed by atoms with van der Waals surface area (Å²) in [6.45, 7) is 1.43. The minimum atomic E-state index is -3.98. The van der Waals surface area contributed by atoms with Crippen LogP contribution in [0.1, 0.15) is 6.92 Å². The van der Waals surface area contributed by atoms with E-state index in [1.54, 1.807) is 0 Å². The zero-order chi connectivity index (χ0) is 17.2. The maximum atomic E-state index is 13.3. The van der Waals surface area contributed by atoms with Gasteiger partial charge in [0.25, 0.3) is 0 Å². The minimum Gasteiger partial charge on any atom is -0.369 e. The molecule has 0 spiro atoms. The number of sulfonamides is 1. The second kappa shape index (κ2) is 6.63. The molecule has 1 saturated heterocycles. The van der Waals surface area contributed by atoms with Crippen molar-refractivity contribution in [2.45, 2.75) is 11.8 Å². The van der Waals surface area contributed by atoms with Crippen molar-refractivity contribution in [2.24, 2.45) is 11.7 Å². The van der Waals surface area contributed by atoms with Gasteiger partial charge >= 0.3 is 0 Å². The van der Waals surface area contributed by atoms with Gasteiger partial charge in [0.05, 0.1) is 10.8 Å². The van der Waals surface area contributed by atoms with Gasteiger partial charge in [-0.15, -0.1) is 0 Å². The highest BCUT2D eigenvalue weighted by atomic mass is 32.2. The molecule has 2 amide bonds. The first-order chi connectivity index (χ1) is 10.7. The molecule has 7 nitrogen and oxygen atoms in total. The van der Waals surface area contributed by atoms with Gasteiger partial charge in [-0.25, -0.2) is 12.8 Å². The lowest BCUT2D eigenvalue weighted by atomic mass is 10.1. The van der Waals surface area contributed by atoms with Crippen LogP contribution >= 0.6 is 0 Å². The van der Waals surface area contributed by atoms with E-state index in [4.69, 9.17) is 5.73 Å². The number of hydrogen-bond acceptors (Lipinski definition) is 4. The molecular weight excluding hydrogens is 325 g/mol. The lowest BCUT2D eigenvalue weighted by molar-refractivity contribution is -0.130. The molecule has 0 saturated carbocycles. The maximum Gasteiger partial charge on any atom is 0.243 e. The van der Waals surface area contributed by atoms with Gasteiger partial charge in [0.1, 0.15) is 5.82 Å². The molecule has 1 fully saturated rings. The minimum absolute atomic E-state index is 0.0161. The average molecular weight is 343 g/mol. The predicted octanol–water partition coefficient (Wildman–Crippen LogP) is -0.220. The van der Waals surface area contributed by atoms with Crippen LogP contribution in [0.15, 0.2) is 29.2 Å². The number of nitrogens with zero attached hydrogens (tertiary/aromatic N) is 2. The lowest BCUT2D eigenvalue weighted by Crippen LogP contribution is -2.40. The summed E-state index contributed by atoms with van der Waals surface area (Å²) in [4.78, 5) is 24.3. The van der Waals surface area contributed by atoms with Crippen molar-refractivity contribution >= 4 is 21.8 Å². The second-order valence-corrected chi connectivity index (χ2v) is 7.32. The second-order valence-electron chi connectivity index (χ2n) is 5.38. The number of benzene rings is 1. The highest BCUT2D eigenvalue weighted by molar-refractivity contribution is 7.89. The number of carbonyl (C=O) groups excluding carboxylic acids is 2. The number of hydrogen-bond donors (Lipinski definition) is 1. The summed E-state index contributed by atoms with van der Waals surface area (Å²) < 4.78 is 39.7. The van der Waals surface area contributed by atoms with E-state index in [0.717, 1.165) is 16.4 Å². The predicted molar refractivity (Wildman–Crippen MR) is 80.1 cm³/mol. The molecule has 0 unspecified atom stereocenters. The van der Waals surface area contributed by atoms with Crippen molar-refractivity contribution in [3.63, 3.8) is 0 Å². The Kier molecular flexibility index (Phi) is 5.00. The van der Waals surface area contributed by atoms with E-state index in [0.29, 0.717) is 0 Å². The number of rotatable bonds is 3. The lowest BCUT2D eigenvalue weighted by Gasteiger charge is -2.21. The average Bonchev–Trinajstić information content (AvgIpc) is 2.70. The van der Waals surface area contributed by atoms with Crippen molar-refractivity contribution < 1.29 is 22.4 Å². The van der Waals surface area contributed by atoms with Crippen LogP contribution in [0.25, 0.3) is 0 Å². The fraction of sp³-hybridized carbons (Fsp3) is 0.429. The number of nitrogens with two attached hydrogens (primary N) is 1. The highest BCUT2D eigenvalue weighted by Crippen LogP contribution is 2.20. The molecule has 9 heteroatoms. The molecule has 1 atom stereocenters. The van der Waals surface area contributed by atoms with Gasteiger partial charge in [-0.2, -0.15) is 4.31 Å². The van der Waals surface area contributed by atoms with Crippen LogP contribution in [0.4, 0.5) is 4.39 Å². The van der Waals surface area contributed by atoms with Crippen LogP contribution in [0.5, 0.6) is 0 Å². The van der Waals surface area contributed by atoms with Gasteiger partial charge in [0.2, 0.25) is 21.8 Å². The first-order valence-electron chi connectivity index (χ1n) is 7.02. The third-order valence-electron chi connectivity index (χ3n) is 3.77. The molecule has 0 bridgehead atoms. The summed E-state index contributed by atoms with van der Waals surface area (Å²) in [6, 6.07) is 4.65. The van der Waals surface area contributed by atoms with Crippen LogP contribution < -0.4 is 5.73 Å². The monoisotopic (exact) mass is 343 g/mol. The van der Waals surface area contributed by atoms with E-state index in [1.807, 2.05) is 0 Å². The summed E-state index contributed by atoms with van der Waals surface area (Å²) >= 11 is 0. The third kappa shape index (κ3) is 3.85. The number of primary amides is 1. The highest BCUT2D eigenvalue weighted by Gasteiger charge is 2.34. The van der Waals surface area contributed by atoms with Gasteiger partial charge in [-0.3, -0.25) is 9.59 Å². The Morgan fingerprint density at radius 1 is 1.26 bits per heavy atom. The van der Waals surface area contributed by atoms with E-state index in [2.05, 4.69) is 0 Å². The molecule has 1 aromatic carbocycles. The molecule has 23 heavy (non-hydrogen) atoms. The van der Waals surface area contributed by atoms with Gasteiger partial charge in [-0.05, 0) is 18.2 Å². The fourth-order valence-electron chi connectivity index (χ4n) is 2.45. The Morgan fingerprint density at radius 3 is 2.52 bits per heavy atom. The molecule has 0 aromatic heterocycles. The normalized spacial score (nSPS) is 20.1. The standard InChI is InChI=1S/C14H18FN3O4S/c1-10(19)17-5-6-18(9-11(8-17)14(16)20)23(21,22)13-4-2-3-12(15)7-13/h2-4,7,11H,5-6,8-9H2,1H3,(H2,16,20)/t11-/m0/s1. The molecular formula is C14H18FN3O4S. The Labute approximate surface area is 133 Å². The van der Waals surface area contributed by atoms with Gasteiger partial charge in [0.15, 0.2) is 0 Å². The third-order valence-corrected chi connectivity index (χ3v) is 5.63. The molecule has 0 aliphatic carbocycles. The summed E-state index contributed by atoms with van der Waals surface area (Å²) in [6.07, 6.45) is 0. The zero-order valence-electron chi connectivity index (χ0n) is 12.6. The Morgan fingerprint density at radius 2 is 1.96 bits per heavy atom. The maximum absolute atomic E-state index is 13.3. The molecule has 2 rings (SSSR count). The Balaban J connectivity index is 2.34. The molecule has 126 valence electrons. The summed E-state index contributed by atoms with van der Waals surface area (Å²) in [5.41, 5.74) is 5.31. The molecule has 1 aliphatic heterocycles. The Bertz CT molecular complexity index is 722. The first-order valence-corrected chi connectivity index (χ1v) is 8.46. The summed E-state index contributed by atoms with van der Waals surface area (Å²) in [7, 11) is -3.98. The van der Waals surface area contributed by atoms with Gasteiger partial charge in [-0.1, -0.05) is 6.07 Å². The summed E-state index contributed by atoms with van der Waals surface area (Å²) in [5, 5.41) is 0. The molecule has 1 heterocycles. The quantitative estimate of drug-likeness (QED) is 0.820. The molecule has 1 aliphatic rings. The molecule has 1 aromatic rings. The van der Waals surface area contributed by atoms with Crippen LogP contribution in [-0.4, -0.2) is 55.6 Å². The molecule has 0 radical (unpaired) electrons. The number of amides is 2. The van der Waals surface area contributed by atoms with Crippen LogP contribution in [0.2, 0.25) is 0 Å². The number of carbonyl (C=O) groups is 2. The SMILES string of the molecule is CC(=O)N1CCN(S(=O)(=O)c2cccc(F)c2)C[C@@H](C(N)=O)C1. The fourth-order valence-corrected chi connectivity index (χ4v) is 3.95. The van der Waals surface area contributed by atoms with E-state index < -0.39 is 27.7 Å². The van der Waals surface area contributed by atoms with E-state index in [9.17, 15) is 22.4 Å². The van der Waals surface area contributed by atoms with Crippen molar-refractivity contribution in [1.82, 2.24) is 9.21 Å². The van der Waals surface area contributed by atoms with Gasteiger partial charge < -0.3 is 10.6 Å². The summed E-state index contributed by atoms with van der Waals surface area (Å²) in [5.74, 6) is -2.43. The first kappa shape index (κ1) is 17.4. The zero-order valence-corrected chi connectivity index (χ0v) is 13.4. The van der Waals surface area contributed by atoms with Crippen molar-refractivity contribution in [1.29, 1.82) is 0 Å². The van der Waals surface area contributed by atoms with Gasteiger partial charge in [0, 0.05) is 33.1 Å². The van der Waals surface area contributed by atoms with E-state index >= 15 is 0 Å². The van der Waals surface area contributed by atoms with Crippen molar-refractivity contribution in [3.8, 4) is 0 Å². The van der Waals surface area contributed by atoms with Crippen molar-refractivity contribution in [3.05, 3.63) is 30.1 Å². The van der Waals surface area contributed by atoms with E-state index in [-0.39, 0.29) is 37.0 Å². The topological polar surface area (TPSA) is 101 Å². The van der Waals surface area contributed by atoms with Crippen LogP contribution in [-0.2, 0) is 19.6 Å². The number of halogens is 1. The van der Waals surface area contributed by atoms with Crippen LogP contribution in [0, 0.1) is 11.7 Å². The molecule has 2 N–H and O–H groups in total. The Hall–Kier alpha value is -2.00. The smallest absolute Gasteiger partial charge is 0.243 e. The largest absolute Gasteiger partial charge is 0.369 e. The van der Waals surface area contributed by atoms with E-state index in [1.165, 1.54) is 24.0 Å². The van der Waals surface area contributed by atoms with Crippen LogP contribution in [0.3, 0.4) is 0 Å². The van der Waals surface area contributed by atoms with Crippen molar-refractivity contribution in [2.75, 3.05) is 26.2 Å².